The average molecular weight is 447 g/mol. The minimum atomic E-state index is -0.546. The molecule has 2 amide bonds. The van der Waals surface area contributed by atoms with Crippen molar-refractivity contribution in [2.45, 2.75) is 0 Å². The van der Waals surface area contributed by atoms with Gasteiger partial charge in [-0.1, -0.05) is 12.1 Å². The van der Waals surface area contributed by atoms with Gasteiger partial charge in [0.25, 0.3) is 11.8 Å². The molecule has 168 valence electrons. The Morgan fingerprint density at radius 3 is 2.55 bits per heavy atom. The molecule has 3 rings (SSSR count). The number of hydrogen-bond acceptors (Lipinski definition) is 7. The molecule has 0 radical (unpaired) electrons. The van der Waals surface area contributed by atoms with E-state index in [9.17, 15) is 14.4 Å². The van der Waals surface area contributed by atoms with E-state index in [1.54, 1.807) is 60.7 Å². The first-order valence-electron chi connectivity index (χ1n) is 9.82. The van der Waals surface area contributed by atoms with E-state index in [0.717, 1.165) is 0 Å². The van der Waals surface area contributed by atoms with Crippen molar-refractivity contribution < 1.29 is 28.3 Å². The van der Waals surface area contributed by atoms with Crippen LogP contribution >= 0.6 is 0 Å². The van der Waals surface area contributed by atoms with E-state index in [0.29, 0.717) is 28.4 Å². The summed E-state index contributed by atoms with van der Waals surface area (Å²) >= 11 is 0. The number of hydrogen-bond donors (Lipinski definition) is 2. The fourth-order valence-corrected chi connectivity index (χ4v) is 2.61. The number of ether oxygens (including phenoxy) is 2. The number of nitrogens with zero attached hydrogens (tertiary/aromatic N) is 1. The number of carbonyl (C=O) groups is 3. The van der Waals surface area contributed by atoms with Crippen LogP contribution in [0.2, 0.25) is 0 Å². The fourth-order valence-electron chi connectivity index (χ4n) is 2.61. The van der Waals surface area contributed by atoms with Gasteiger partial charge in [-0.3, -0.25) is 9.59 Å². The summed E-state index contributed by atoms with van der Waals surface area (Å²) in [5.74, 6) is -0.172. The molecule has 33 heavy (non-hydrogen) atoms. The highest BCUT2D eigenvalue weighted by Gasteiger charge is 2.12. The first-order chi connectivity index (χ1) is 16.0. The molecular weight excluding hydrogens is 426 g/mol. The van der Waals surface area contributed by atoms with E-state index in [1.165, 1.54) is 31.7 Å². The standard InChI is InChI=1S/C24H21N3O6/c1-31-21-7-3-2-6-20(21)24(30)25-16-22(28)27-26-15-17-8-10-19(11-9-17)33-23(29)13-12-18-5-4-14-32-18/h2-15H,16H2,1H3,(H,25,30)(H,27,28)/b13-12+,26-15+. The van der Waals surface area contributed by atoms with Crippen LogP contribution < -0.4 is 20.2 Å². The van der Waals surface area contributed by atoms with Gasteiger partial charge in [-0.25, -0.2) is 10.2 Å². The van der Waals surface area contributed by atoms with Gasteiger partial charge >= 0.3 is 5.97 Å². The van der Waals surface area contributed by atoms with Gasteiger partial charge in [0.05, 0.1) is 31.7 Å². The van der Waals surface area contributed by atoms with Crippen molar-refractivity contribution in [1.82, 2.24) is 10.7 Å². The molecule has 0 bridgehead atoms. The maximum atomic E-state index is 12.2. The maximum Gasteiger partial charge on any atom is 0.336 e. The quantitative estimate of drug-likeness (QED) is 0.171. The molecule has 2 N–H and O–H groups in total. The number of benzene rings is 2. The first-order valence-corrected chi connectivity index (χ1v) is 9.82. The van der Waals surface area contributed by atoms with Crippen molar-refractivity contribution in [2.75, 3.05) is 13.7 Å². The van der Waals surface area contributed by atoms with Crippen LogP contribution in [0.5, 0.6) is 11.5 Å². The topological polar surface area (TPSA) is 119 Å². The smallest absolute Gasteiger partial charge is 0.336 e. The van der Waals surface area contributed by atoms with E-state index in [2.05, 4.69) is 15.8 Å². The van der Waals surface area contributed by atoms with Gasteiger partial charge in [0, 0.05) is 6.08 Å². The van der Waals surface area contributed by atoms with Crippen LogP contribution in [0.15, 0.2) is 82.5 Å². The van der Waals surface area contributed by atoms with Crippen LogP contribution in [0.4, 0.5) is 0 Å². The van der Waals surface area contributed by atoms with Crippen LogP contribution in [0.25, 0.3) is 6.08 Å². The van der Waals surface area contributed by atoms with Crippen LogP contribution in [-0.2, 0) is 9.59 Å². The number of carbonyl (C=O) groups excluding carboxylic acids is 3. The minimum absolute atomic E-state index is 0.255. The summed E-state index contributed by atoms with van der Waals surface area (Å²) in [5.41, 5.74) is 3.32. The molecule has 0 aliphatic heterocycles. The molecule has 3 aromatic rings. The number of hydrazone groups is 1. The van der Waals surface area contributed by atoms with E-state index < -0.39 is 17.8 Å². The van der Waals surface area contributed by atoms with Crippen molar-refractivity contribution in [1.29, 1.82) is 0 Å². The molecule has 0 fully saturated rings. The third-order valence-electron chi connectivity index (χ3n) is 4.19. The summed E-state index contributed by atoms with van der Waals surface area (Å²) in [5, 5.41) is 6.35. The van der Waals surface area contributed by atoms with Crippen molar-refractivity contribution in [3.8, 4) is 11.5 Å². The third-order valence-corrected chi connectivity index (χ3v) is 4.19. The Kier molecular flexibility index (Phi) is 8.13. The second-order valence-electron chi connectivity index (χ2n) is 6.52. The molecule has 0 unspecified atom stereocenters. The number of para-hydroxylation sites is 1. The molecule has 0 atom stereocenters. The molecule has 1 heterocycles. The van der Waals surface area contributed by atoms with Crippen molar-refractivity contribution in [3.63, 3.8) is 0 Å². The molecule has 2 aromatic carbocycles. The summed E-state index contributed by atoms with van der Waals surface area (Å²) in [6.07, 6.45) is 5.69. The maximum absolute atomic E-state index is 12.2. The molecule has 0 saturated heterocycles. The lowest BCUT2D eigenvalue weighted by Crippen LogP contribution is -2.35. The number of methoxy groups -OCH3 is 1. The summed E-state index contributed by atoms with van der Waals surface area (Å²) < 4.78 is 15.4. The van der Waals surface area contributed by atoms with Gasteiger partial charge in [0.1, 0.15) is 17.3 Å². The summed E-state index contributed by atoms with van der Waals surface area (Å²) in [6.45, 7) is -0.255. The zero-order valence-electron chi connectivity index (χ0n) is 17.7. The lowest BCUT2D eigenvalue weighted by molar-refractivity contribution is -0.129. The number of furan rings is 1. The summed E-state index contributed by atoms with van der Waals surface area (Å²) in [6, 6.07) is 16.6. The van der Waals surface area contributed by atoms with Crippen molar-refractivity contribution in [3.05, 3.63) is 89.9 Å². The van der Waals surface area contributed by atoms with Crippen molar-refractivity contribution in [2.24, 2.45) is 5.10 Å². The number of nitrogens with one attached hydrogen (secondary N) is 2. The Morgan fingerprint density at radius 1 is 1.03 bits per heavy atom. The van der Waals surface area contributed by atoms with Gasteiger partial charge in [0.15, 0.2) is 0 Å². The normalized spacial score (nSPS) is 10.8. The monoisotopic (exact) mass is 447 g/mol. The van der Waals surface area contributed by atoms with Crippen LogP contribution in [0.3, 0.4) is 0 Å². The highest BCUT2D eigenvalue weighted by molar-refractivity contribution is 5.98. The Bertz CT molecular complexity index is 1150. The Hall–Kier alpha value is -4.66. The summed E-state index contributed by atoms with van der Waals surface area (Å²) in [4.78, 5) is 35.9. The average Bonchev–Trinajstić information content (AvgIpc) is 3.36. The molecule has 0 aliphatic rings. The van der Waals surface area contributed by atoms with E-state index in [4.69, 9.17) is 13.9 Å². The number of esters is 1. The van der Waals surface area contributed by atoms with E-state index in [-0.39, 0.29) is 6.54 Å². The third kappa shape index (κ3) is 7.21. The zero-order chi connectivity index (χ0) is 23.5. The van der Waals surface area contributed by atoms with Crippen LogP contribution in [0.1, 0.15) is 21.7 Å². The molecule has 0 spiro atoms. The molecule has 9 nitrogen and oxygen atoms in total. The highest BCUT2D eigenvalue weighted by atomic mass is 16.5. The SMILES string of the molecule is COc1ccccc1C(=O)NCC(=O)N/N=C/c1ccc(OC(=O)/C=C/c2ccco2)cc1. The van der Waals surface area contributed by atoms with Crippen LogP contribution in [0, 0.1) is 0 Å². The first kappa shape index (κ1) is 23.0. The zero-order valence-corrected chi connectivity index (χ0v) is 17.7. The van der Waals surface area contributed by atoms with Crippen LogP contribution in [-0.4, -0.2) is 37.7 Å². The Labute approximate surface area is 189 Å². The molecule has 9 heteroatoms. The predicted octanol–water partition coefficient (Wildman–Crippen LogP) is 2.79. The van der Waals surface area contributed by atoms with Gasteiger partial charge in [-0.2, -0.15) is 5.10 Å². The predicted molar refractivity (Wildman–Crippen MR) is 121 cm³/mol. The van der Waals surface area contributed by atoms with Gasteiger partial charge < -0.3 is 19.2 Å². The van der Waals surface area contributed by atoms with Gasteiger partial charge in [0.2, 0.25) is 0 Å². The Balaban J connectivity index is 1.42. The van der Waals surface area contributed by atoms with Crippen molar-refractivity contribution >= 4 is 30.1 Å². The molecule has 0 saturated carbocycles. The highest BCUT2D eigenvalue weighted by Crippen LogP contribution is 2.16. The second kappa shape index (κ2) is 11.7. The van der Waals surface area contributed by atoms with E-state index in [1.807, 2.05) is 0 Å². The molecule has 0 aliphatic carbocycles. The summed E-state index contributed by atoms with van der Waals surface area (Å²) in [7, 11) is 1.46. The lowest BCUT2D eigenvalue weighted by atomic mass is 10.2. The Morgan fingerprint density at radius 2 is 1.82 bits per heavy atom. The fraction of sp³-hybridized carbons (Fsp3) is 0.0833. The second-order valence-corrected chi connectivity index (χ2v) is 6.52. The number of amides is 2. The largest absolute Gasteiger partial charge is 0.496 e. The molecular formula is C24H21N3O6. The van der Waals surface area contributed by atoms with Gasteiger partial charge in [-0.15, -0.1) is 0 Å². The van der Waals surface area contributed by atoms with Gasteiger partial charge in [-0.05, 0) is 60.2 Å². The number of rotatable bonds is 9. The molecule has 1 aromatic heterocycles. The lowest BCUT2D eigenvalue weighted by Gasteiger charge is -2.08. The minimum Gasteiger partial charge on any atom is -0.496 e. The van der Waals surface area contributed by atoms with E-state index >= 15 is 0 Å².